The Morgan fingerprint density at radius 3 is 2.83 bits per heavy atom. The molecule has 2 aromatic heterocycles. The number of aromatic nitrogens is 4. The molecule has 0 saturated heterocycles. The van der Waals surface area contributed by atoms with Crippen molar-refractivity contribution < 1.29 is 9.26 Å². The Kier molecular flexibility index (Phi) is 4.85. The van der Waals surface area contributed by atoms with Crippen LogP contribution in [0.4, 0.5) is 5.82 Å². The second-order valence-electron chi connectivity index (χ2n) is 5.93. The fourth-order valence-corrected chi connectivity index (χ4v) is 2.94. The molecule has 7 nitrogen and oxygen atoms in total. The smallest absolute Gasteiger partial charge is 0.246 e. The molecule has 2 aromatic rings. The molecule has 0 unspecified atom stereocenters. The first-order chi connectivity index (χ1) is 11.2. The Morgan fingerprint density at radius 1 is 1.17 bits per heavy atom. The highest BCUT2D eigenvalue weighted by Crippen LogP contribution is 2.28. The number of nitrogens with zero attached hydrogens (tertiary/aromatic N) is 5. The number of ether oxygens (including phenoxy) is 1. The summed E-state index contributed by atoms with van der Waals surface area (Å²) in [4.78, 5) is 15.7. The molecule has 0 amide bonds. The van der Waals surface area contributed by atoms with Crippen molar-refractivity contribution in [3.8, 4) is 0 Å². The molecule has 0 aliphatic heterocycles. The quantitative estimate of drug-likeness (QED) is 0.805. The van der Waals surface area contributed by atoms with Crippen molar-refractivity contribution >= 4 is 5.82 Å². The second-order valence-corrected chi connectivity index (χ2v) is 5.93. The SMILES string of the molecule is COCCc1noc(CN(C)c2nc(C)nc3c2CCCC3)n1. The van der Waals surface area contributed by atoms with E-state index in [1.54, 1.807) is 7.11 Å². The summed E-state index contributed by atoms with van der Waals surface area (Å²) >= 11 is 0. The number of hydrogen-bond donors (Lipinski definition) is 0. The maximum Gasteiger partial charge on any atom is 0.246 e. The molecule has 0 saturated carbocycles. The predicted molar refractivity (Wildman–Crippen MR) is 85.4 cm³/mol. The van der Waals surface area contributed by atoms with E-state index in [0.29, 0.717) is 31.3 Å². The zero-order chi connectivity index (χ0) is 16.2. The van der Waals surface area contributed by atoms with Gasteiger partial charge in [-0.2, -0.15) is 4.98 Å². The van der Waals surface area contributed by atoms with Crippen molar-refractivity contribution in [2.24, 2.45) is 0 Å². The van der Waals surface area contributed by atoms with E-state index in [-0.39, 0.29) is 0 Å². The lowest BCUT2D eigenvalue weighted by Gasteiger charge is -2.24. The molecular weight excluding hydrogens is 294 g/mol. The Hall–Kier alpha value is -2.02. The average molecular weight is 317 g/mol. The van der Waals surface area contributed by atoms with Crippen LogP contribution in [0, 0.1) is 6.92 Å². The van der Waals surface area contributed by atoms with Crippen LogP contribution in [0.15, 0.2) is 4.52 Å². The first kappa shape index (κ1) is 15.9. The van der Waals surface area contributed by atoms with Crippen LogP contribution in [0.5, 0.6) is 0 Å². The molecule has 0 fully saturated rings. The van der Waals surface area contributed by atoms with Crippen molar-refractivity contribution in [1.82, 2.24) is 20.1 Å². The van der Waals surface area contributed by atoms with E-state index >= 15 is 0 Å². The highest BCUT2D eigenvalue weighted by molar-refractivity contribution is 5.49. The number of anilines is 1. The van der Waals surface area contributed by atoms with E-state index in [9.17, 15) is 0 Å². The predicted octanol–water partition coefficient (Wildman–Crippen LogP) is 1.87. The summed E-state index contributed by atoms with van der Waals surface area (Å²) in [5, 5.41) is 3.98. The molecule has 1 aliphatic carbocycles. The Morgan fingerprint density at radius 2 is 2.00 bits per heavy atom. The Balaban J connectivity index is 1.76. The minimum atomic E-state index is 0.545. The van der Waals surface area contributed by atoms with E-state index in [4.69, 9.17) is 9.26 Å². The van der Waals surface area contributed by atoms with Crippen LogP contribution in [-0.2, 0) is 30.5 Å². The largest absolute Gasteiger partial charge is 0.384 e. The van der Waals surface area contributed by atoms with Crippen LogP contribution >= 0.6 is 0 Å². The summed E-state index contributed by atoms with van der Waals surface area (Å²) in [7, 11) is 3.67. The lowest BCUT2D eigenvalue weighted by molar-refractivity contribution is 0.199. The fourth-order valence-electron chi connectivity index (χ4n) is 2.94. The number of aryl methyl sites for hydroxylation is 2. The molecule has 124 valence electrons. The normalized spacial score (nSPS) is 13.9. The van der Waals surface area contributed by atoms with E-state index in [0.717, 1.165) is 24.5 Å². The molecule has 3 rings (SSSR count). The van der Waals surface area contributed by atoms with Crippen molar-refractivity contribution in [1.29, 1.82) is 0 Å². The monoisotopic (exact) mass is 317 g/mol. The first-order valence-electron chi connectivity index (χ1n) is 8.05. The number of methoxy groups -OCH3 is 1. The zero-order valence-electron chi connectivity index (χ0n) is 14.0. The number of rotatable bonds is 6. The molecule has 0 aromatic carbocycles. The highest BCUT2D eigenvalue weighted by atomic mass is 16.5. The molecule has 0 N–H and O–H groups in total. The first-order valence-corrected chi connectivity index (χ1v) is 8.05. The van der Waals surface area contributed by atoms with Crippen molar-refractivity contribution in [3.63, 3.8) is 0 Å². The summed E-state index contributed by atoms with van der Waals surface area (Å²) in [5.41, 5.74) is 2.46. The molecule has 23 heavy (non-hydrogen) atoms. The van der Waals surface area contributed by atoms with E-state index in [1.807, 2.05) is 14.0 Å². The van der Waals surface area contributed by atoms with Gasteiger partial charge in [-0.3, -0.25) is 0 Å². The molecule has 2 heterocycles. The van der Waals surface area contributed by atoms with Gasteiger partial charge < -0.3 is 14.2 Å². The summed E-state index contributed by atoms with van der Waals surface area (Å²) in [6.07, 6.45) is 5.15. The minimum Gasteiger partial charge on any atom is -0.384 e. The molecule has 0 atom stereocenters. The van der Waals surface area contributed by atoms with Gasteiger partial charge in [0.2, 0.25) is 5.89 Å². The second kappa shape index (κ2) is 7.04. The van der Waals surface area contributed by atoms with Gasteiger partial charge in [-0.25, -0.2) is 9.97 Å². The van der Waals surface area contributed by atoms with Crippen LogP contribution in [0.2, 0.25) is 0 Å². The van der Waals surface area contributed by atoms with Gasteiger partial charge in [0.1, 0.15) is 11.6 Å². The van der Waals surface area contributed by atoms with Gasteiger partial charge in [0.05, 0.1) is 13.2 Å². The summed E-state index contributed by atoms with van der Waals surface area (Å²) in [6.45, 7) is 3.08. The van der Waals surface area contributed by atoms with Crippen LogP contribution < -0.4 is 4.90 Å². The maximum atomic E-state index is 5.33. The molecule has 0 radical (unpaired) electrons. The van der Waals surface area contributed by atoms with Gasteiger partial charge in [0, 0.05) is 31.8 Å². The average Bonchev–Trinajstić information content (AvgIpc) is 2.99. The molecule has 1 aliphatic rings. The standard InChI is InChI=1S/C16H23N5O2/c1-11-17-13-7-5-4-6-12(13)16(18-11)21(2)10-15-19-14(20-23-15)8-9-22-3/h4-10H2,1-3H3. The third-order valence-corrected chi connectivity index (χ3v) is 4.05. The lowest BCUT2D eigenvalue weighted by Crippen LogP contribution is -2.23. The van der Waals surface area contributed by atoms with Crippen molar-refractivity contribution in [2.45, 2.75) is 45.6 Å². The molecule has 0 spiro atoms. The lowest BCUT2D eigenvalue weighted by atomic mass is 9.96. The Labute approximate surface area is 136 Å². The Bertz CT molecular complexity index is 670. The van der Waals surface area contributed by atoms with Gasteiger partial charge >= 0.3 is 0 Å². The summed E-state index contributed by atoms with van der Waals surface area (Å²) < 4.78 is 10.4. The van der Waals surface area contributed by atoms with Gasteiger partial charge in [0.25, 0.3) is 0 Å². The number of hydrogen-bond acceptors (Lipinski definition) is 7. The maximum absolute atomic E-state index is 5.33. The molecule has 7 heteroatoms. The van der Waals surface area contributed by atoms with Crippen LogP contribution in [0.3, 0.4) is 0 Å². The zero-order valence-corrected chi connectivity index (χ0v) is 14.0. The van der Waals surface area contributed by atoms with Crippen LogP contribution in [0.25, 0.3) is 0 Å². The van der Waals surface area contributed by atoms with Gasteiger partial charge in [-0.1, -0.05) is 5.16 Å². The minimum absolute atomic E-state index is 0.545. The van der Waals surface area contributed by atoms with Gasteiger partial charge in [-0.15, -0.1) is 0 Å². The van der Waals surface area contributed by atoms with E-state index in [2.05, 4.69) is 25.0 Å². The van der Waals surface area contributed by atoms with Crippen LogP contribution in [0.1, 0.15) is 41.6 Å². The molecular formula is C16H23N5O2. The van der Waals surface area contributed by atoms with E-state index < -0.39 is 0 Å². The van der Waals surface area contributed by atoms with Crippen molar-refractivity contribution in [3.05, 3.63) is 28.8 Å². The summed E-state index contributed by atoms with van der Waals surface area (Å²) in [6, 6.07) is 0. The van der Waals surface area contributed by atoms with Gasteiger partial charge in [-0.05, 0) is 32.6 Å². The highest BCUT2D eigenvalue weighted by Gasteiger charge is 2.20. The molecule has 0 bridgehead atoms. The van der Waals surface area contributed by atoms with Crippen LogP contribution in [-0.4, -0.2) is 40.9 Å². The third kappa shape index (κ3) is 3.67. The fraction of sp³-hybridized carbons (Fsp3) is 0.625. The summed E-state index contributed by atoms with van der Waals surface area (Å²) in [5.74, 6) is 3.08. The topological polar surface area (TPSA) is 77.2 Å². The van der Waals surface area contributed by atoms with Crippen molar-refractivity contribution in [2.75, 3.05) is 25.7 Å². The van der Waals surface area contributed by atoms with Gasteiger partial charge in [0.15, 0.2) is 5.82 Å². The number of fused-ring (bicyclic) bond motifs is 1. The third-order valence-electron chi connectivity index (χ3n) is 4.05. The van der Waals surface area contributed by atoms with E-state index in [1.165, 1.54) is 24.1 Å².